The van der Waals surface area contributed by atoms with Gasteiger partial charge in [0.25, 0.3) is 0 Å². The molecule has 0 bridgehead atoms. The molecule has 0 amide bonds. The van der Waals surface area contributed by atoms with Crippen LogP contribution in [0.15, 0.2) is 22.7 Å². The number of nitrogens with zero attached hydrogens (tertiary/aromatic N) is 1. The fourth-order valence-electron chi connectivity index (χ4n) is 2.24. The average Bonchev–Trinajstić information content (AvgIpc) is 2.36. The molecule has 5 heteroatoms. The third-order valence-corrected chi connectivity index (χ3v) is 4.87. The Morgan fingerprint density at radius 1 is 1.47 bits per heavy atom. The third-order valence-electron chi connectivity index (χ3n) is 4.13. The summed E-state index contributed by atoms with van der Waals surface area (Å²) in [7, 11) is 4.10. The number of halogens is 2. The number of hydrazine groups is 1. The van der Waals surface area contributed by atoms with Crippen molar-refractivity contribution in [2.75, 3.05) is 14.1 Å². The molecule has 0 saturated heterocycles. The summed E-state index contributed by atoms with van der Waals surface area (Å²) in [4.78, 5) is 2.18. The Labute approximate surface area is 123 Å². The summed E-state index contributed by atoms with van der Waals surface area (Å²) in [5, 5.41) is 0. The van der Waals surface area contributed by atoms with Crippen molar-refractivity contribution in [3.63, 3.8) is 0 Å². The number of hydrogen-bond acceptors (Lipinski definition) is 3. The highest BCUT2D eigenvalue weighted by atomic mass is 79.9. The molecule has 108 valence electrons. The van der Waals surface area contributed by atoms with E-state index in [1.165, 1.54) is 12.1 Å². The molecule has 3 N–H and O–H groups in total. The molecular weight excluding hydrogens is 309 g/mol. The summed E-state index contributed by atoms with van der Waals surface area (Å²) < 4.78 is 13.9. The van der Waals surface area contributed by atoms with Crippen molar-refractivity contribution in [1.82, 2.24) is 10.3 Å². The van der Waals surface area contributed by atoms with Gasteiger partial charge in [0, 0.05) is 16.1 Å². The Bertz CT molecular complexity index is 425. The van der Waals surface area contributed by atoms with Crippen molar-refractivity contribution >= 4 is 15.9 Å². The van der Waals surface area contributed by atoms with E-state index in [-0.39, 0.29) is 17.4 Å². The minimum atomic E-state index is -0.237. The van der Waals surface area contributed by atoms with E-state index in [2.05, 4.69) is 40.1 Å². The lowest BCUT2D eigenvalue weighted by Gasteiger charge is -2.42. The Morgan fingerprint density at radius 2 is 2.11 bits per heavy atom. The van der Waals surface area contributed by atoms with Crippen molar-refractivity contribution in [3.05, 3.63) is 34.1 Å². The standard InChI is InChI=1S/C14H23BrFN3/c1-5-14(2,19(3)4)13(18-17)8-10-6-7-11(16)9-12(10)15/h6-7,9,13,18H,5,8,17H2,1-4H3. The van der Waals surface area contributed by atoms with E-state index in [9.17, 15) is 4.39 Å². The van der Waals surface area contributed by atoms with E-state index >= 15 is 0 Å². The number of nitrogens with one attached hydrogen (secondary N) is 1. The van der Waals surface area contributed by atoms with Gasteiger partial charge in [-0.15, -0.1) is 0 Å². The number of likely N-dealkylation sites (N-methyl/N-ethyl adjacent to an activating group) is 1. The Morgan fingerprint density at radius 3 is 2.53 bits per heavy atom. The Hall–Kier alpha value is -0.490. The number of nitrogens with two attached hydrogens (primary N) is 1. The second-order valence-electron chi connectivity index (χ2n) is 5.26. The van der Waals surface area contributed by atoms with Gasteiger partial charge < -0.3 is 4.90 Å². The molecule has 0 fully saturated rings. The van der Waals surface area contributed by atoms with Gasteiger partial charge in [0.1, 0.15) is 5.82 Å². The summed E-state index contributed by atoms with van der Waals surface area (Å²) in [6, 6.07) is 4.85. The smallest absolute Gasteiger partial charge is 0.124 e. The molecule has 0 aliphatic rings. The van der Waals surface area contributed by atoms with Crippen molar-refractivity contribution in [2.45, 2.75) is 38.3 Å². The highest BCUT2D eigenvalue weighted by Crippen LogP contribution is 2.26. The van der Waals surface area contributed by atoms with Crippen molar-refractivity contribution in [3.8, 4) is 0 Å². The van der Waals surface area contributed by atoms with Crippen LogP contribution in [-0.4, -0.2) is 30.6 Å². The van der Waals surface area contributed by atoms with Gasteiger partial charge in [-0.2, -0.15) is 0 Å². The van der Waals surface area contributed by atoms with Crippen LogP contribution in [0.2, 0.25) is 0 Å². The number of rotatable bonds is 6. The maximum Gasteiger partial charge on any atom is 0.124 e. The van der Waals surface area contributed by atoms with E-state index < -0.39 is 0 Å². The van der Waals surface area contributed by atoms with Crippen LogP contribution in [0.4, 0.5) is 4.39 Å². The van der Waals surface area contributed by atoms with Crippen LogP contribution in [0.3, 0.4) is 0 Å². The third kappa shape index (κ3) is 3.75. The fraction of sp³-hybridized carbons (Fsp3) is 0.571. The number of benzene rings is 1. The van der Waals surface area contributed by atoms with Gasteiger partial charge in [-0.25, -0.2) is 4.39 Å². The van der Waals surface area contributed by atoms with Gasteiger partial charge in [0.2, 0.25) is 0 Å². The molecule has 3 nitrogen and oxygen atoms in total. The lowest BCUT2D eigenvalue weighted by molar-refractivity contribution is 0.112. The largest absolute Gasteiger partial charge is 0.302 e. The summed E-state index contributed by atoms with van der Waals surface area (Å²) >= 11 is 3.41. The van der Waals surface area contributed by atoms with E-state index in [0.717, 1.165) is 22.9 Å². The summed E-state index contributed by atoms with van der Waals surface area (Å²) in [6.45, 7) is 4.32. The van der Waals surface area contributed by atoms with E-state index in [1.54, 1.807) is 6.07 Å². The van der Waals surface area contributed by atoms with Crippen LogP contribution < -0.4 is 11.3 Å². The van der Waals surface area contributed by atoms with Gasteiger partial charge in [-0.05, 0) is 51.6 Å². The first-order valence-corrected chi connectivity index (χ1v) is 7.22. The van der Waals surface area contributed by atoms with E-state index in [0.29, 0.717) is 0 Å². The highest BCUT2D eigenvalue weighted by Gasteiger charge is 2.34. The second-order valence-corrected chi connectivity index (χ2v) is 6.12. The zero-order chi connectivity index (χ0) is 14.6. The van der Waals surface area contributed by atoms with Gasteiger partial charge in [-0.3, -0.25) is 11.3 Å². The first kappa shape index (κ1) is 16.6. The Kier molecular flexibility index (Phi) is 5.92. The summed E-state index contributed by atoms with van der Waals surface area (Å²) in [5.74, 6) is 5.50. The van der Waals surface area contributed by atoms with Gasteiger partial charge >= 0.3 is 0 Å². The van der Waals surface area contributed by atoms with Crippen LogP contribution in [0.1, 0.15) is 25.8 Å². The molecule has 0 aliphatic carbocycles. The molecule has 0 radical (unpaired) electrons. The van der Waals surface area contributed by atoms with Crippen molar-refractivity contribution in [2.24, 2.45) is 5.84 Å². The van der Waals surface area contributed by atoms with Crippen molar-refractivity contribution in [1.29, 1.82) is 0 Å². The first-order valence-electron chi connectivity index (χ1n) is 6.42. The van der Waals surface area contributed by atoms with Crippen LogP contribution in [0.25, 0.3) is 0 Å². The minimum absolute atomic E-state index is 0.0669. The SMILES string of the molecule is CCC(C)(C(Cc1ccc(F)cc1Br)NN)N(C)C. The van der Waals surface area contributed by atoms with Gasteiger partial charge in [0.15, 0.2) is 0 Å². The normalized spacial score (nSPS) is 16.4. The predicted octanol–water partition coefficient (Wildman–Crippen LogP) is 2.69. The number of hydrogen-bond donors (Lipinski definition) is 2. The van der Waals surface area contributed by atoms with E-state index in [4.69, 9.17) is 5.84 Å². The molecule has 2 unspecified atom stereocenters. The fourth-order valence-corrected chi connectivity index (χ4v) is 2.75. The quantitative estimate of drug-likeness (QED) is 0.622. The van der Waals surface area contributed by atoms with Gasteiger partial charge in [-0.1, -0.05) is 28.9 Å². The average molecular weight is 332 g/mol. The van der Waals surface area contributed by atoms with Gasteiger partial charge in [0.05, 0.1) is 0 Å². The molecule has 0 aromatic heterocycles. The summed E-state index contributed by atoms with van der Waals surface area (Å²) in [6.07, 6.45) is 1.70. The zero-order valence-electron chi connectivity index (χ0n) is 12.0. The lowest BCUT2D eigenvalue weighted by Crippen LogP contribution is -2.59. The molecular formula is C14H23BrFN3. The first-order chi connectivity index (χ1) is 8.85. The molecule has 19 heavy (non-hydrogen) atoms. The maximum absolute atomic E-state index is 13.1. The predicted molar refractivity (Wildman–Crippen MR) is 81.3 cm³/mol. The molecule has 1 aromatic carbocycles. The van der Waals surface area contributed by atoms with Crippen LogP contribution in [0, 0.1) is 5.82 Å². The second kappa shape index (κ2) is 6.79. The minimum Gasteiger partial charge on any atom is -0.302 e. The molecule has 1 aromatic rings. The molecule has 0 saturated carbocycles. The Balaban J connectivity index is 2.99. The monoisotopic (exact) mass is 331 g/mol. The van der Waals surface area contributed by atoms with Crippen LogP contribution >= 0.6 is 15.9 Å². The summed E-state index contributed by atoms with van der Waals surface area (Å²) in [5.41, 5.74) is 3.89. The topological polar surface area (TPSA) is 41.3 Å². The molecule has 0 spiro atoms. The maximum atomic E-state index is 13.1. The lowest BCUT2D eigenvalue weighted by atomic mass is 9.84. The highest BCUT2D eigenvalue weighted by molar-refractivity contribution is 9.10. The van der Waals surface area contributed by atoms with Crippen molar-refractivity contribution < 1.29 is 4.39 Å². The van der Waals surface area contributed by atoms with Crippen LogP contribution in [0.5, 0.6) is 0 Å². The molecule has 0 aliphatic heterocycles. The van der Waals surface area contributed by atoms with E-state index in [1.807, 2.05) is 14.1 Å². The van der Waals surface area contributed by atoms with Crippen LogP contribution in [-0.2, 0) is 6.42 Å². The molecule has 2 atom stereocenters. The zero-order valence-corrected chi connectivity index (χ0v) is 13.6. The molecule has 1 rings (SSSR count). The molecule has 0 heterocycles.